The molecule has 9 nitrogen and oxygen atoms in total. The van der Waals surface area contributed by atoms with Crippen LogP contribution in [0.2, 0.25) is 0 Å². The van der Waals surface area contributed by atoms with Crippen molar-refractivity contribution in [3.05, 3.63) is 89.5 Å². The Morgan fingerprint density at radius 2 is 1.58 bits per heavy atom. The molecule has 0 heterocycles. The van der Waals surface area contributed by atoms with Crippen LogP contribution in [0.25, 0.3) is 0 Å². The van der Waals surface area contributed by atoms with Crippen LogP contribution in [0, 0.1) is 0 Å². The number of carbonyl (C=O) groups excluding carboxylic acids is 3. The van der Waals surface area contributed by atoms with Crippen LogP contribution < -0.4 is 20.7 Å². The first kappa shape index (κ1) is 23.0. The highest BCUT2D eigenvalue weighted by Gasteiger charge is 2.16. The Morgan fingerprint density at radius 1 is 0.848 bits per heavy atom. The van der Waals surface area contributed by atoms with Gasteiger partial charge in [0.05, 0.1) is 24.9 Å². The number of ether oxygens (including phenoxy) is 1. The molecule has 4 N–H and O–H groups in total. The van der Waals surface area contributed by atoms with E-state index in [4.69, 9.17) is 9.84 Å². The maximum atomic E-state index is 12.9. The van der Waals surface area contributed by atoms with Gasteiger partial charge in [-0.05, 0) is 54.6 Å². The van der Waals surface area contributed by atoms with Crippen molar-refractivity contribution in [3.63, 3.8) is 0 Å². The number of benzene rings is 3. The van der Waals surface area contributed by atoms with Crippen LogP contribution in [0.5, 0.6) is 5.75 Å². The Labute approximate surface area is 189 Å². The number of aromatic carboxylic acids is 1. The number of para-hydroxylation sites is 1. The van der Waals surface area contributed by atoms with Gasteiger partial charge < -0.3 is 25.8 Å². The van der Waals surface area contributed by atoms with Gasteiger partial charge in [-0.3, -0.25) is 9.59 Å². The molecule has 0 saturated carbocycles. The van der Waals surface area contributed by atoms with E-state index in [-0.39, 0.29) is 23.6 Å². The molecule has 0 atom stereocenters. The molecule has 3 aromatic rings. The fourth-order valence-electron chi connectivity index (χ4n) is 2.95. The fraction of sp³-hybridized carbons (Fsp3) is 0.0833. The predicted molar refractivity (Wildman–Crippen MR) is 122 cm³/mol. The molecule has 3 rings (SSSR count). The number of carbonyl (C=O) groups is 4. The average Bonchev–Trinajstić information content (AvgIpc) is 2.83. The number of ketones is 1. The minimum absolute atomic E-state index is 0.0173. The summed E-state index contributed by atoms with van der Waals surface area (Å²) in [7, 11) is 1.53. The van der Waals surface area contributed by atoms with Crippen LogP contribution in [0.3, 0.4) is 0 Å². The Morgan fingerprint density at radius 3 is 2.27 bits per heavy atom. The average molecular weight is 447 g/mol. The van der Waals surface area contributed by atoms with Gasteiger partial charge in [-0.1, -0.05) is 18.2 Å². The number of carboxylic acids is 1. The van der Waals surface area contributed by atoms with Crippen LogP contribution in [0.1, 0.15) is 26.3 Å². The third kappa shape index (κ3) is 6.17. The monoisotopic (exact) mass is 447 g/mol. The summed E-state index contributed by atoms with van der Waals surface area (Å²) < 4.78 is 5.10. The number of anilines is 2. The summed E-state index contributed by atoms with van der Waals surface area (Å²) in [6.45, 7) is -0.366. The highest BCUT2D eigenvalue weighted by Crippen LogP contribution is 2.21. The largest absolute Gasteiger partial charge is 0.497 e. The van der Waals surface area contributed by atoms with Crippen molar-refractivity contribution in [3.8, 4) is 5.75 Å². The molecule has 168 valence electrons. The second kappa shape index (κ2) is 10.6. The number of nitrogens with one attached hydrogen (secondary N) is 3. The topological polar surface area (TPSA) is 134 Å². The van der Waals surface area contributed by atoms with Gasteiger partial charge >= 0.3 is 12.0 Å². The van der Waals surface area contributed by atoms with E-state index in [1.54, 1.807) is 48.5 Å². The molecule has 0 aliphatic carbocycles. The van der Waals surface area contributed by atoms with E-state index in [0.717, 1.165) is 0 Å². The van der Waals surface area contributed by atoms with E-state index in [2.05, 4.69) is 16.0 Å². The van der Waals surface area contributed by atoms with E-state index in [1.165, 1.54) is 31.4 Å². The minimum Gasteiger partial charge on any atom is -0.497 e. The van der Waals surface area contributed by atoms with Gasteiger partial charge in [-0.25, -0.2) is 9.59 Å². The predicted octanol–water partition coefficient (Wildman–Crippen LogP) is 3.38. The number of rotatable bonds is 8. The van der Waals surface area contributed by atoms with E-state index < -0.39 is 17.9 Å². The summed E-state index contributed by atoms with van der Waals surface area (Å²) in [5.74, 6) is -1.33. The Balaban J connectivity index is 1.60. The minimum atomic E-state index is -1.12. The standard InChI is InChI=1S/C24H21N3O6/c1-33-18-11-9-15(10-12-18)22(29)19-7-2-3-8-20(19)27-21(28)14-25-24(32)26-17-6-4-5-16(13-17)23(30)31/h2-13H,14H2,1H3,(H,27,28)(H,30,31)(H2,25,26,32). The molecule has 9 heteroatoms. The molecule has 0 aliphatic heterocycles. The highest BCUT2D eigenvalue weighted by molar-refractivity contribution is 6.14. The third-order valence-electron chi connectivity index (χ3n) is 4.57. The van der Waals surface area contributed by atoms with Crippen LogP contribution in [-0.2, 0) is 4.79 Å². The molecule has 0 aliphatic rings. The van der Waals surface area contributed by atoms with Crippen molar-refractivity contribution in [1.29, 1.82) is 0 Å². The molecule has 0 bridgehead atoms. The van der Waals surface area contributed by atoms with Gasteiger partial charge in [0.25, 0.3) is 0 Å². The van der Waals surface area contributed by atoms with Crippen molar-refractivity contribution in [2.45, 2.75) is 0 Å². The van der Waals surface area contributed by atoms with E-state index in [9.17, 15) is 19.2 Å². The first-order valence-corrected chi connectivity index (χ1v) is 9.83. The molecule has 0 radical (unpaired) electrons. The fourth-order valence-corrected chi connectivity index (χ4v) is 2.95. The lowest BCUT2D eigenvalue weighted by atomic mass is 10.0. The molecular weight excluding hydrogens is 426 g/mol. The van der Waals surface area contributed by atoms with E-state index in [1.807, 2.05) is 0 Å². The quantitative estimate of drug-likeness (QED) is 0.391. The zero-order valence-corrected chi connectivity index (χ0v) is 17.6. The normalized spacial score (nSPS) is 10.1. The molecule has 0 unspecified atom stereocenters. The molecular formula is C24H21N3O6. The summed E-state index contributed by atoms with van der Waals surface area (Å²) >= 11 is 0. The highest BCUT2D eigenvalue weighted by atomic mass is 16.5. The van der Waals surface area contributed by atoms with Crippen LogP contribution in [0.15, 0.2) is 72.8 Å². The molecule has 33 heavy (non-hydrogen) atoms. The van der Waals surface area contributed by atoms with Crippen molar-refractivity contribution in [2.75, 3.05) is 24.3 Å². The van der Waals surface area contributed by atoms with E-state index >= 15 is 0 Å². The third-order valence-corrected chi connectivity index (χ3v) is 4.57. The smallest absolute Gasteiger partial charge is 0.335 e. The van der Waals surface area contributed by atoms with E-state index in [0.29, 0.717) is 22.6 Å². The van der Waals surface area contributed by atoms with Crippen molar-refractivity contribution >= 4 is 35.1 Å². The first-order valence-electron chi connectivity index (χ1n) is 9.83. The van der Waals surface area contributed by atoms with Crippen LogP contribution in [0.4, 0.5) is 16.2 Å². The van der Waals surface area contributed by atoms with Crippen LogP contribution >= 0.6 is 0 Å². The SMILES string of the molecule is COc1ccc(C(=O)c2ccccc2NC(=O)CNC(=O)Nc2cccc(C(=O)O)c2)cc1. The lowest BCUT2D eigenvalue weighted by Crippen LogP contribution is -2.36. The Kier molecular flexibility index (Phi) is 7.38. The van der Waals surface area contributed by atoms with Gasteiger partial charge in [0, 0.05) is 16.8 Å². The van der Waals surface area contributed by atoms with Crippen molar-refractivity contribution < 1.29 is 29.0 Å². The van der Waals surface area contributed by atoms with Gasteiger partial charge in [-0.2, -0.15) is 0 Å². The molecule has 0 saturated heterocycles. The first-order chi connectivity index (χ1) is 15.9. The van der Waals surface area contributed by atoms with Gasteiger partial charge in [-0.15, -0.1) is 0 Å². The molecule has 0 aromatic heterocycles. The number of amides is 3. The van der Waals surface area contributed by atoms with Crippen LogP contribution in [-0.4, -0.2) is 42.5 Å². The molecule has 3 amide bonds. The number of methoxy groups -OCH3 is 1. The van der Waals surface area contributed by atoms with Crippen molar-refractivity contribution in [2.24, 2.45) is 0 Å². The number of hydrogen-bond acceptors (Lipinski definition) is 5. The summed E-state index contributed by atoms with van der Waals surface area (Å²) in [6, 6.07) is 18.2. The second-order valence-electron chi connectivity index (χ2n) is 6.85. The molecule has 0 spiro atoms. The zero-order valence-electron chi connectivity index (χ0n) is 17.6. The second-order valence-corrected chi connectivity index (χ2v) is 6.85. The maximum absolute atomic E-state index is 12.9. The lowest BCUT2D eigenvalue weighted by molar-refractivity contribution is -0.115. The van der Waals surface area contributed by atoms with Gasteiger partial charge in [0.2, 0.25) is 5.91 Å². The van der Waals surface area contributed by atoms with Gasteiger partial charge in [0.15, 0.2) is 5.78 Å². The number of carboxylic acid groups (broad SMARTS) is 1. The lowest BCUT2D eigenvalue weighted by Gasteiger charge is -2.12. The molecule has 3 aromatic carbocycles. The summed E-state index contributed by atoms with van der Waals surface area (Å²) in [4.78, 5) is 48.3. The summed E-state index contributed by atoms with van der Waals surface area (Å²) in [5.41, 5.74) is 1.32. The maximum Gasteiger partial charge on any atom is 0.335 e. The Hall–Kier alpha value is -4.66. The zero-order chi connectivity index (χ0) is 23.8. The summed E-state index contributed by atoms with van der Waals surface area (Å²) in [5, 5.41) is 16.5. The summed E-state index contributed by atoms with van der Waals surface area (Å²) in [6.07, 6.45) is 0. The van der Waals surface area contributed by atoms with Gasteiger partial charge in [0.1, 0.15) is 5.75 Å². The Bertz CT molecular complexity index is 1190. The van der Waals surface area contributed by atoms with Crippen molar-refractivity contribution in [1.82, 2.24) is 5.32 Å². The molecule has 0 fully saturated rings. The number of urea groups is 1. The number of hydrogen-bond donors (Lipinski definition) is 4.